The molecule has 0 bridgehead atoms. The molecule has 3 aromatic carbocycles. The van der Waals surface area contributed by atoms with Crippen molar-refractivity contribution in [3.05, 3.63) is 102 Å². The predicted molar refractivity (Wildman–Crippen MR) is 126 cm³/mol. The number of hydrogen-bond donors (Lipinski definition) is 2. The van der Waals surface area contributed by atoms with Crippen LogP contribution in [-0.2, 0) is 4.79 Å². The molecule has 0 radical (unpaired) electrons. The lowest BCUT2D eigenvalue weighted by Crippen LogP contribution is -2.23. The Labute approximate surface area is 200 Å². The number of nitro groups is 2. The zero-order valence-corrected chi connectivity index (χ0v) is 18.9. The van der Waals surface area contributed by atoms with Gasteiger partial charge < -0.3 is 10.6 Å². The maximum Gasteiger partial charge on any atom is 0.301 e. The Balaban J connectivity index is 1.81. The smallest absolute Gasteiger partial charge is 0.301 e. The number of carbonyl (C=O) groups is 2. The molecule has 0 aliphatic heterocycles. The molecule has 2 N–H and O–H groups in total. The van der Waals surface area contributed by atoms with Crippen molar-refractivity contribution in [1.29, 1.82) is 0 Å². The zero-order chi connectivity index (χ0) is 24.1. The molecule has 3 aromatic rings. The van der Waals surface area contributed by atoms with Gasteiger partial charge in [-0.1, -0.05) is 57.9 Å². The SMILES string of the molecule is O=C(CNc1ccc(Br)cc1C(=O)c1ccccc1)Nc1c(Cl)cc([N+](=O)[O-])cc1[N+](=O)[O-]. The summed E-state index contributed by atoms with van der Waals surface area (Å²) >= 11 is 9.26. The van der Waals surface area contributed by atoms with Crippen LogP contribution in [0, 0.1) is 20.2 Å². The first kappa shape index (κ1) is 23.8. The molecule has 0 atom stereocenters. The Hall–Kier alpha value is -3.83. The van der Waals surface area contributed by atoms with Crippen LogP contribution < -0.4 is 10.6 Å². The van der Waals surface area contributed by atoms with Crippen LogP contribution in [0.1, 0.15) is 15.9 Å². The number of nitro benzene ring substituents is 2. The Bertz CT molecular complexity index is 1270. The van der Waals surface area contributed by atoms with E-state index in [4.69, 9.17) is 11.6 Å². The van der Waals surface area contributed by atoms with E-state index in [1.165, 1.54) is 0 Å². The molecular formula is C21H14BrClN4O6. The number of non-ortho nitro benzene ring substituents is 1. The molecule has 10 nitrogen and oxygen atoms in total. The predicted octanol–water partition coefficient (Wildman–Crippen LogP) is 5.20. The Kier molecular flexibility index (Phi) is 7.36. The normalized spacial score (nSPS) is 10.4. The molecule has 0 saturated carbocycles. The minimum absolute atomic E-state index is 0.270. The fourth-order valence-electron chi connectivity index (χ4n) is 2.91. The number of anilines is 2. The van der Waals surface area contributed by atoms with Crippen molar-refractivity contribution in [3.63, 3.8) is 0 Å². The third-order valence-corrected chi connectivity index (χ3v) is 5.22. The van der Waals surface area contributed by atoms with Crippen molar-refractivity contribution in [2.75, 3.05) is 17.2 Å². The maximum absolute atomic E-state index is 12.9. The fraction of sp³-hybridized carbons (Fsp3) is 0.0476. The summed E-state index contributed by atoms with van der Waals surface area (Å²) in [5, 5.41) is 27.0. The highest BCUT2D eigenvalue weighted by atomic mass is 79.9. The summed E-state index contributed by atoms with van der Waals surface area (Å²) in [7, 11) is 0. The molecule has 1 amide bonds. The number of carbonyl (C=O) groups excluding carboxylic acids is 2. The van der Waals surface area contributed by atoms with E-state index in [-0.39, 0.29) is 23.0 Å². The summed E-state index contributed by atoms with van der Waals surface area (Å²) in [4.78, 5) is 45.9. The summed E-state index contributed by atoms with van der Waals surface area (Å²) in [6, 6.07) is 15.1. The summed E-state index contributed by atoms with van der Waals surface area (Å²) in [6.45, 7) is -0.360. The van der Waals surface area contributed by atoms with Crippen molar-refractivity contribution in [3.8, 4) is 0 Å². The molecule has 0 heterocycles. The van der Waals surface area contributed by atoms with Gasteiger partial charge in [-0.05, 0) is 18.2 Å². The van der Waals surface area contributed by atoms with Gasteiger partial charge in [0, 0.05) is 27.4 Å². The van der Waals surface area contributed by atoms with Gasteiger partial charge in [-0.15, -0.1) is 0 Å². The van der Waals surface area contributed by atoms with Gasteiger partial charge in [0.25, 0.3) is 5.69 Å². The van der Waals surface area contributed by atoms with Crippen LogP contribution in [0.3, 0.4) is 0 Å². The maximum atomic E-state index is 12.9. The van der Waals surface area contributed by atoms with Crippen LogP contribution in [0.15, 0.2) is 65.1 Å². The molecule has 0 spiro atoms. The van der Waals surface area contributed by atoms with Crippen molar-refractivity contribution in [2.24, 2.45) is 0 Å². The molecule has 0 aliphatic rings. The topological polar surface area (TPSA) is 144 Å². The second-order valence-electron chi connectivity index (χ2n) is 6.62. The lowest BCUT2D eigenvalue weighted by molar-refractivity contribution is -0.393. The molecule has 0 aromatic heterocycles. The first-order valence-corrected chi connectivity index (χ1v) is 10.4. The van der Waals surface area contributed by atoms with E-state index in [9.17, 15) is 29.8 Å². The highest BCUT2D eigenvalue weighted by Crippen LogP contribution is 2.36. The number of halogens is 2. The number of hydrogen-bond acceptors (Lipinski definition) is 7. The zero-order valence-electron chi connectivity index (χ0n) is 16.6. The Morgan fingerprint density at radius 3 is 2.30 bits per heavy atom. The largest absolute Gasteiger partial charge is 0.376 e. The van der Waals surface area contributed by atoms with Crippen LogP contribution in [-0.4, -0.2) is 28.1 Å². The molecule has 33 heavy (non-hydrogen) atoms. The quantitative estimate of drug-likeness (QED) is 0.230. The third kappa shape index (κ3) is 5.70. The molecule has 12 heteroatoms. The van der Waals surface area contributed by atoms with Gasteiger partial charge >= 0.3 is 5.69 Å². The minimum Gasteiger partial charge on any atom is -0.376 e. The Morgan fingerprint density at radius 2 is 1.67 bits per heavy atom. The van der Waals surface area contributed by atoms with Crippen molar-refractivity contribution in [1.82, 2.24) is 0 Å². The summed E-state index contributed by atoms with van der Waals surface area (Å²) in [6.07, 6.45) is 0. The number of rotatable bonds is 8. The molecular weight excluding hydrogens is 520 g/mol. The second kappa shape index (κ2) is 10.2. The summed E-state index contributed by atoms with van der Waals surface area (Å²) in [5.74, 6) is -0.983. The minimum atomic E-state index is -0.882. The number of amides is 1. The third-order valence-electron chi connectivity index (χ3n) is 4.43. The lowest BCUT2D eigenvalue weighted by Gasteiger charge is -2.13. The van der Waals surface area contributed by atoms with E-state index in [0.717, 1.165) is 6.07 Å². The monoisotopic (exact) mass is 532 g/mol. The van der Waals surface area contributed by atoms with Gasteiger partial charge in [-0.25, -0.2) is 0 Å². The van der Waals surface area contributed by atoms with Crippen molar-refractivity contribution >= 4 is 62.0 Å². The van der Waals surface area contributed by atoms with Crippen LogP contribution in [0.25, 0.3) is 0 Å². The molecule has 0 fully saturated rings. The summed E-state index contributed by atoms with van der Waals surface area (Å²) in [5.41, 5.74) is -0.533. The van der Waals surface area contributed by atoms with E-state index in [1.54, 1.807) is 48.5 Å². The van der Waals surface area contributed by atoms with Gasteiger partial charge in [0.1, 0.15) is 5.69 Å². The number of benzene rings is 3. The molecule has 3 rings (SSSR count). The van der Waals surface area contributed by atoms with Crippen molar-refractivity contribution < 1.29 is 19.4 Å². The van der Waals surface area contributed by atoms with E-state index in [0.29, 0.717) is 27.4 Å². The highest BCUT2D eigenvalue weighted by Gasteiger charge is 2.25. The fourth-order valence-corrected chi connectivity index (χ4v) is 3.53. The number of nitrogens with one attached hydrogen (secondary N) is 2. The van der Waals surface area contributed by atoms with E-state index in [1.807, 2.05) is 0 Å². The van der Waals surface area contributed by atoms with Gasteiger partial charge in [-0.3, -0.25) is 29.8 Å². The summed E-state index contributed by atoms with van der Waals surface area (Å²) < 4.78 is 0.657. The van der Waals surface area contributed by atoms with E-state index < -0.39 is 27.1 Å². The van der Waals surface area contributed by atoms with E-state index >= 15 is 0 Å². The Morgan fingerprint density at radius 1 is 0.970 bits per heavy atom. The highest BCUT2D eigenvalue weighted by molar-refractivity contribution is 9.10. The van der Waals surface area contributed by atoms with Crippen molar-refractivity contribution in [2.45, 2.75) is 0 Å². The van der Waals surface area contributed by atoms with Gasteiger partial charge in [-0.2, -0.15) is 0 Å². The standard InChI is InChI=1S/C21H14BrClN4O6/c22-13-6-7-17(15(8-13)21(29)12-4-2-1-3-5-12)24-11-19(28)25-20-16(23)9-14(26(30)31)10-18(20)27(32)33/h1-10,24H,11H2,(H,25,28). The lowest BCUT2D eigenvalue weighted by atomic mass is 10.0. The first-order chi connectivity index (χ1) is 15.7. The molecule has 0 unspecified atom stereocenters. The van der Waals surface area contributed by atoms with Crippen LogP contribution in [0.5, 0.6) is 0 Å². The molecule has 0 aliphatic carbocycles. The van der Waals surface area contributed by atoms with Crippen LogP contribution in [0.4, 0.5) is 22.7 Å². The molecule has 0 saturated heterocycles. The average Bonchev–Trinajstić information content (AvgIpc) is 2.79. The van der Waals surface area contributed by atoms with Gasteiger partial charge in [0.05, 0.1) is 27.5 Å². The van der Waals surface area contributed by atoms with Crippen LogP contribution in [0.2, 0.25) is 5.02 Å². The molecule has 168 valence electrons. The number of nitrogens with zero attached hydrogens (tertiary/aromatic N) is 2. The van der Waals surface area contributed by atoms with Gasteiger partial charge in [0.15, 0.2) is 5.78 Å². The number of ketones is 1. The van der Waals surface area contributed by atoms with E-state index in [2.05, 4.69) is 26.6 Å². The first-order valence-electron chi connectivity index (χ1n) is 9.22. The van der Waals surface area contributed by atoms with Gasteiger partial charge in [0.2, 0.25) is 5.91 Å². The average molecular weight is 534 g/mol. The van der Waals surface area contributed by atoms with Crippen LogP contribution >= 0.6 is 27.5 Å². The second-order valence-corrected chi connectivity index (χ2v) is 7.95.